The first-order chi connectivity index (χ1) is 14.6. The number of nitrogens with one attached hydrogen (secondary N) is 2. The third-order valence-corrected chi connectivity index (χ3v) is 5.06. The number of hydrogen-bond acceptors (Lipinski definition) is 5. The highest BCUT2D eigenvalue weighted by atomic mass is 35.5. The van der Waals surface area contributed by atoms with Crippen molar-refractivity contribution in [1.29, 1.82) is 0 Å². The second-order valence-electron chi connectivity index (χ2n) is 7.89. The minimum atomic E-state index is -0.528. The molecule has 2 aromatic carbocycles. The van der Waals surface area contributed by atoms with Gasteiger partial charge < -0.3 is 15.2 Å². The Bertz CT molecular complexity index is 1090. The lowest BCUT2D eigenvalue weighted by molar-refractivity contribution is 0.0898. The average Bonchev–Trinajstić information content (AvgIpc) is 3.22. The van der Waals surface area contributed by atoms with Crippen LogP contribution in [0.15, 0.2) is 47.0 Å². The van der Waals surface area contributed by atoms with Gasteiger partial charge in [0, 0.05) is 23.7 Å². The molecular formula is C22H22Cl2N4O3. The van der Waals surface area contributed by atoms with Crippen molar-refractivity contribution < 1.29 is 14.1 Å². The number of nitrogens with zero attached hydrogens (tertiary/aromatic N) is 2. The molecule has 7 nitrogen and oxygen atoms in total. The Morgan fingerprint density at radius 2 is 1.61 bits per heavy atom. The zero-order chi connectivity index (χ0) is 22.6. The monoisotopic (exact) mass is 460 g/mol. The van der Waals surface area contributed by atoms with Crippen LogP contribution in [0.2, 0.25) is 10.0 Å². The van der Waals surface area contributed by atoms with Gasteiger partial charge in [-0.05, 0) is 29.2 Å². The molecule has 31 heavy (non-hydrogen) atoms. The first-order valence-corrected chi connectivity index (χ1v) is 10.4. The summed E-state index contributed by atoms with van der Waals surface area (Å²) in [6, 6.07) is 12.4. The van der Waals surface area contributed by atoms with Crippen molar-refractivity contribution in [3.05, 3.63) is 69.5 Å². The summed E-state index contributed by atoms with van der Waals surface area (Å²) >= 11 is 11.9. The topological polar surface area (TPSA) is 97.1 Å². The molecule has 2 amide bonds. The van der Waals surface area contributed by atoms with Crippen LogP contribution < -0.4 is 10.6 Å². The normalized spacial score (nSPS) is 11.3. The number of hydrogen-bond donors (Lipinski definition) is 2. The lowest BCUT2D eigenvalue weighted by Gasteiger charge is -2.18. The van der Waals surface area contributed by atoms with Gasteiger partial charge in [-0.2, -0.15) is 4.98 Å². The standard InChI is InChI=1S/C22H22Cl2N4O3/c1-22(2,3)14-6-4-13(5-7-14)18-27-21(31-28-18)20(30)26-11-10-25-19(29)16-12-15(23)8-9-17(16)24/h4-9,12H,10-11H2,1-3H3,(H,25,29)(H,26,30). The molecule has 0 unspecified atom stereocenters. The van der Waals surface area contributed by atoms with Crippen LogP contribution >= 0.6 is 23.2 Å². The molecule has 0 aliphatic rings. The van der Waals surface area contributed by atoms with Gasteiger partial charge in [0.2, 0.25) is 5.82 Å². The Kier molecular flexibility index (Phi) is 6.97. The first kappa shape index (κ1) is 22.8. The fourth-order valence-corrected chi connectivity index (χ4v) is 3.12. The maximum absolute atomic E-state index is 12.2. The molecular weight excluding hydrogens is 439 g/mol. The zero-order valence-corrected chi connectivity index (χ0v) is 18.8. The Morgan fingerprint density at radius 3 is 2.26 bits per heavy atom. The summed E-state index contributed by atoms with van der Waals surface area (Å²) in [5.74, 6) is -0.741. The van der Waals surface area contributed by atoms with Gasteiger partial charge in [0.1, 0.15) is 0 Å². The van der Waals surface area contributed by atoms with Gasteiger partial charge in [0.25, 0.3) is 5.91 Å². The summed E-state index contributed by atoms with van der Waals surface area (Å²) in [6.07, 6.45) is 0. The summed E-state index contributed by atoms with van der Waals surface area (Å²) < 4.78 is 5.06. The molecule has 0 atom stereocenters. The molecule has 0 fully saturated rings. The Balaban J connectivity index is 1.52. The Hall–Kier alpha value is -2.90. The summed E-state index contributed by atoms with van der Waals surface area (Å²) in [7, 11) is 0. The number of halogens is 2. The zero-order valence-electron chi connectivity index (χ0n) is 17.3. The van der Waals surface area contributed by atoms with Crippen LogP contribution in [0.5, 0.6) is 0 Å². The quantitative estimate of drug-likeness (QED) is 0.527. The lowest BCUT2D eigenvalue weighted by Crippen LogP contribution is -2.34. The van der Waals surface area contributed by atoms with E-state index in [1.165, 1.54) is 11.6 Å². The van der Waals surface area contributed by atoms with Crippen molar-refractivity contribution in [2.24, 2.45) is 0 Å². The number of aromatic nitrogens is 2. The van der Waals surface area contributed by atoms with E-state index < -0.39 is 5.91 Å². The molecule has 162 valence electrons. The summed E-state index contributed by atoms with van der Waals surface area (Å²) in [5.41, 5.74) is 2.23. The van der Waals surface area contributed by atoms with E-state index in [4.69, 9.17) is 27.7 Å². The third kappa shape index (κ3) is 5.83. The van der Waals surface area contributed by atoms with Gasteiger partial charge in [-0.1, -0.05) is 73.4 Å². The largest absolute Gasteiger partial charge is 0.350 e. The number of carbonyl (C=O) groups is 2. The SMILES string of the molecule is CC(C)(C)c1ccc(-c2noc(C(=O)NCCNC(=O)c3cc(Cl)ccc3Cl)n2)cc1. The van der Waals surface area contributed by atoms with Gasteiger partial charge in [-0.25, -0.2) is 0 Å². The van der Waals surface area contributed by atoms with Crippen molar-refractivity contribution in [2.45, 2.75) is 26.2 Å². The second-order valence-corrected chi connectivity index (χ2v) is 8.73. The number of carbonyl (C=O) groups excluding carboxylic acids is 2. The van der Waals surface area contributed by atoms with E-state index in [9.17, 15) is 9.59 Å². The van der Waals surface area contributed by atoms with Crippen molar-refractivity contribution in [3.8, 4) is 11.4 Å². The smallest absolute Gasteiger partial charge is 0.316 e. The van der Waals surface area contributed by atoms with Gasteiger partial charge in [-0.15, -0.1) is 0 Å². The van der Waals surface area contributed by atoms with Crippen LogP contribution in [-0.4, -0.2) is 35.0 Å². The Morgan fingerprint density at radius 1 is 0.968 bits per heavy atom. The molecule has 0 spiro atoms. The van der Waals surface area contributed by atoms with Crippen LogP contribution in [0.3, 0.4) is 0 Å². The van der Waals surface area contributed by atoms with Gasteiger partial charge >= 0.3 is 11.8 Å². The molecule has 0 aliphatic carbocycles. The molecule has 0 bridgehead atoms. The minimum absolute atomic E-state index is 0.0361. The van der Waals surface area contributed by atoms with Gasteiger partial charge in [-0.3, -0.25) is 9.59 Å². The van der Waals surface area contributed by atoms with Crippen LogP contribution in [0.25, 0.3) is 11.4 Å². The van der Waals surface area contributed by atoms with Crippen LogP contribution in [0.4, 0.5) is 0 Å². The van der Waals surface area contributed by atoms with Gasteiger partial charge in [0.05, 0.1) is 10.6 Å². The van der Waals surface area contributed by atoms with E-state index in [1.807, 2.05) is 24.3 Å². The van der Waals surface area contributed by atoms with E-state index in [0.717, 1.165) is 5.56 Å². The Labute approximate surface area is 190 Å². The van der Waals surface area contributed by atoms with E-state index >= 15 is 0 Å². The fourth-order valence-electron chi connectivity index (χ4n) is 2.75. The number of benzene rings is 2. The van der Waals surface area contributed by atoms with Crippen molar-refractivity contribution in [2.75, 3.05) is 13.1 Å². The second kappa shape index (κ2) is 9.49. The predicted molar refractivity (Wildman–Crippen MR) is 120 cm³/mol. The minimum Gasteiger partial charge on any atom is -0.350 e. The highest BCUT2D eigenvalue weighted by molar-refractivity contribution is 6.35. The van der Waals surface area contributed by atoms with Crippen molar-refractivity contribution in [1.82, 2.24) is 20.8 Å². The average molecular weight is 461 g/mol. The van der Waals surface area contributed by atoms with E-state index in [1.54, 1.807) is 12.1 Å². The maximum Gasteiger partial charge on any atom is 0.316 e. The van der Waals surface area contributed by atoms with Crippen LogP contribution in [0.1, 0.15) is 47.4 Å². The predicted octanol–water partition coefficient (Wildman–Crippen LogP) is 4.50. The van der Waals surface area contributed by atoms with Crippen LogP contribution in [0, 0.1) is 0 Å². The van der Waals surface area contributed by atoms with Crippen molar-refractivity contribution in [3.63, 3.8) is 0 Å². The van der Waals surface area contributed by atoms with E-state index in [0.29, 0.717) is 15.9 Å². The first-order valence-electron chi connectivity index (χ1n) is 9.61. The molecule has 0 saturated carbocycles. The molecule has 3 rings (SSSR count). The lowest BCUT2D eigenvalue weighted by atomic mass is 9.87. The van der Waals surface area contributed by atoms with E-state index in [-0.39, 0.29) is 35.9 Å². The molecule has 0 saturated heterocycles. The highest BCUT2D eigenvalue weighted by Crippen LogP contribution is 2.25. The molecule has 2 N–H and O–H groups in total. The summed E-state index contributed by atoms with van der Waals surface area (Å²) in [5, 5.41) is 9.84. The molecule has 0 aliphatic heterocycles. The van der Waals surface area contributed by atoms with E-state index in [2.05, 4.69) is 41.5 Å². The molecule has 1 heterocycles. The molecule has 0 radical (unpaired) electrons. The number of amides is 2. The summed E-state index contributed by atoms with van der Waals surface area (Å²) in [4.78, 5) is 28.5. The molecule has 1 aromatic heterocycles. The molecule has 3 aromatic rings. The highest BCUT2D eigenvalue weighted by Gasteiger charge is 2.18. The summed E-state index contributed by atoms with van der Waals surface area (Å²) in [6.45, 7) is 6.74. The molecule has 9 heteroatoms. The maximum atomic E-state index is 12.2. The van der Waals surface area contributed by atoms with Crippen molar-refractivity contribution >= 4 is 35.0 Å². The third-order valence-electron chi connectivity index (χ3n) is 4.50. The van der Waals surface area contributed by atoms with Gasteiger partial charge in [0.15, 0.2) is 0 Å². The van der Waals surface area contributed by atoms with Crippen LogP contribution in [-0.2, 0) is 5.41 Å². The fraction of sp³-hybridized carbons (Fsp3) is 0.273. The number of rotatable bonds is 6.